The van der Waals surface area contributed by atoms with Crippen molar-refractivity contribution in [3.8, 4) is 0 Å². The fraction of sp³-hybridized carbons (Fsp3) is 0.238. The van der Waals surface area contributed by atoms with Crippen LogP contribution in [0.5, 0.6) is 0 Å². The average molecular weight is 395 g/mol. The molecule has 1 heterocycles. The van der Waals surface area contributed by atoms with Crippen LogP contribution in [-0.4, -0.2) is 42.2 Å². The normalized spacial score (nSPS) is 13.5. The van der Waals surface area contributed by atoms with Gasteiger partial charge in [0.1, 0.15) is 6.61 Å². The van der Waals surface area contributed by atoms with E-state index in [0.29, 0.717) is 16.9 Å². The molecule has 2 N–H and O–H groups in total. The number of carbonyl (C=O) groups excluding carboxylic acids is 4. The lowest BCUT2D eigenvalue weighted by Crippen LogP contribution is -2.28. The molecule has 150 valence electrons. The first-order valence-corrected chi connectivity index (χ1v) is 9.08. The molecule has 1 aliphatic rings. The Morgan fingerprint density at radius 3 is 2.21 bits per heavy atom. The molecule has 8 nitrogen and oxygen atoms in total. The van der Waals surface area contributed by atoms with Crippen LogP contribution in [0.3, 0.4) is 0 Å². The van der Waals surface area contributed by atoms with Crippen LogP contribution in [0.4, 0.5) is 11.4 Å². The van der Waals surface area contributed by atoms with Gasteiger partial charge in [0.25, 0.3) is 5.91 Å². The van der Waals surface area contributed by atoms with Gasteiger partial charge in [0.15, 0.2) is 0 Å². The fourth-order valence-corrected chi connectivity index (χ4v) is 2.95. The molecule has 0 unspecified atom stereocenters. The SMILES string of the molecule is COCC(=O)Nc1cccc(NC(=O)c2ccc(CN3C(=O)CCC3=O)cc2)c1. The van der Waals surface area contributed by atoms with Gasteiger partial charge in [-0.05, 0) is 35.9 Å². The van der Waals surface area contributed by atoms with Crippen LogP contribution in [0.1, 0.15) is 28.8 Å². The van der Waals surface area contributed by atoms with Crippen LogP contribution in [0, 0.1) is 0 Å². The molecular weight excluding hydrogens is 374 g/mol. The Labute approximate surface area is 167 Å². The maximum absolute atomic E-state index is 12.5. The molecule has 8 heteroatoms. The lowest BCUT2D eigenvalue weighted by atomic mass is 10.1. The molecule has 0 aliphatic carbocycles. The Balaban J connectivity index is 1.61. The monoisotopic (exact) mass is 395 g/mol. The van der Waals surface area contributed by atoms with Crippen molar-refractivity contribution in [3.63, 3.8) is 0 Å². The fourth-order valence-electron chi connectivity index (χ4n) is 2.95. The zero-order valence-corrected chi connectivity index (χ0v) is 15.9. The van der Waals surface area contributed by atoms with E-state index in [1.54, 1.807) is 48.5 Å². The topological polar surface area (TPSA) is 105 Å². The van der Waals surface area contributed by atoms with Crippen LogP contribution in [0.25, 0.3) is 0 Å². The summed E-state index contributed by atoms with van der Waals surface area (Å²) in [5, 5.41) is 5.44. The maximum atomic E-state index is 12.5. The van der Waals surface area contributed by atoms with Gasteiger partial charge in [-0.1, -0.05) is 18.2 Å². The highest BCUT2D eigenvalue weighted by atomic mass is 16.5. The van der Waals surface area contributed by atoms with Crippen LogP contribution >= 0.6 is 0 Å². The van der Waals surface area contributed by atoms with Crippen molar-refractivity contribution in [1.29, 1.82) is 0 Å². The third kappa shape index (κ3) is 5.26. The highest BCUT2D eigenvalue weighted by Gasteiger charge is 2.28. The summed E-state index contributed by atoms with van der Waals surface area (Å²) < 4.78 is 4.77. The van der Waals surface area contributed by atoms with E-state index in [1.165, 1.54) is 12.0 Å². The van der Waals surface area contributed by atoms with Gasteiger partial charge in [-0.2, -0.15) is 0 Å². The number of carbonyl (C=O) groups is 4. The molecular formula is C21H21N3O5. The standard InChI is InChI=1S/C21H21N3O5/c1-29-13-18(25)22-16-3-2-4-17(11-16)23-21(28)15-7-5-14(6-8-15)12-24-19(26)9-10-20(24)27/h2-8,11H,9-10,12-13H2,1H3,(H,22,25)(H,23,28). The lowest BCUT2D eigenvalue weighted by molar-refractivity contribution is -0.139. The molecule has 0 bridgehead atoms. The average Bonchev–Trinajstić information content (AvgIpc) is 3.01. The Kier molecular flexibility index (Phi) is 6.36. The second-order valence-electron chi connectivity index (χ2n) is 6.59. The van der Waals surface area contributed by atoms with E-state index >= 15 is 0 Å². The van der Waals surface area contributed by atoms with Gasteiger partial charge >= 0.3 is 0 Å². The second kappa shape index (κ2) is 9.11. The summed E-state index contributed by atoms with van der Waals surface area (Å²) >= 11 is 0. The van der Waals surface area contributed by atoms with Crippen LogP contribution < -0.4 is 10.6 Å². The Morgan fingerprint density at radius 1 is 0.966 bits per heavy atom. The number of anilines is 2. The molecule has 2 aromatic carbocycles. The Morgan fingerprint density at radius 2 is 1.59 bits per heavy atom. The molecule has 1 saturated heterocycles. The van der Waals surface area contributed by atoms with Gasteiger partial charge in [0.05, 0.1) is 6.54 Å². The van der Waals surface area contributed by atoms with E-state index in [2.05, 4.69) is 10.6 Å². The summed E-state index contributed by atoms with van der Waals surface area (Å²) in [6.45, 7) is 0.153. The molecule has 4 amide bonds. The molecule has 0 aromatic heterocycles. The molecule has 2 aromatic rings. The minimum absolute atomic E-state index is 0.0580. The van der Waals surface area contributed by atoms with Crippen molar-refractivity contribution in [2.45, 2.75) is 19.4 Å². The predicted molar refractivity (Wildman–Crippen MR) is 106 cm³/mol. The molecule has 1 aliphatic heterocycles. The highest BCUT2D eigenvalue weighted by Crippen LogP contribution is 2.18. The number of amides is 4. The van der Waals surface area contributed by atoms with Gasteiger partial charge in [0, 0.05) is 36.9 Å². The molecule has 0 spiro atoms. The van der Waals surface area contributed by atoms with Crippen LogP contribution in [-0.2, 0) is 25.7 Å². The Bertz CT molecular complexity index is 924. The summed E-state index contributed by atoms with van der Waals surface area (Å²) in [4.78, 5) is 48.7. The number of imide groups is 1. The molecule has 1 fully saturated rings. The van der Waals surface area contributed by atoms with Gasteiger partial charge in [-0.25, -0.2) is 0 Å². The summed E-state index contributed by atoms with van der Waals surface area (Å²) in [7, 11) is 1.43. The molecule has 3 rings (SSSR count). The van der Waals surface area contributed by atoms with Gasteiger partial charge in [-0.15, -0.1) is 0 Å². The molecule has 0 atom stereocenters. The number of nitrogens with zero attached hydrogens (tertiary/aromatic N) is 1. The van der Waals surface area contributed by atoms with Crippen molar-refractivity contribution >= 4 is 35.0 Å². The highest BCUT2D eigenvalue weighted by molar-refractivity contribution is 6.05. The van der Waals surface area contributed by atoms with E-state index < -0.39 is 0 Å². The van der Waals surface area contributed by atoms with E-state index in [0.717, 1.165) is 5.56 Å². The smallest absolute Gasteiger partial charge is 0.255 e. The third-order valence-corrected chi connectivity index (χ3v) is 4.39. The number of hydrogen-bond donors (Lipinski definition) is 2. The van der Waals surface area contributed by atoms with E-state index in [1.807, 2.05) is 0 Å². The largest absolute Gasteiger partial charge is 0.375 e. The minimum atomic E-state index is -0.315. The van der Waals surface area contributed by atoms with Crippen molar-refractivity contribution in [2.75, 3.05) is 24.4 Å². The van der Waals surface area contributed by atoms with Gasteiger partial charge < -0.3 is 15.4 Å². The van der Waals surface area contributed by atoms with Crippen LogP contribution in [0.15, 0.2) is 48.5 Å². The third-order valence-electron chi connectivity index (χ3n) is 4.39. The molecule has 0 radical (unpaired) electrons. The number of ether oxygens (including phenoxy) is 1. The molecule has 29 heavy (non-hydrogen) atoms. The van der Waals surface area contributed by atoms with Crippen molar-refractivity contribution in [1.82, 2.24) is 4.90 Å². The minimum Gasteiger partial charge on any atom is -0.375 e. The number of likely N-dealkylation sites (tertiary alicyclic amines) is 1. The van der Waals surface area contributed by atoms with Crippen molar-refractivity contribution in [2.24, 2.45) is 0 Å². The van der Waals surface area contributed by atoms with Gasteiger partial charge in [-0.3, -0.25) is 24.1 Å². The zero-order valence-electron chi connectivity index (χ0n) is 15.9. The number of rotatable bonds is 7. The quantitative estimate of drug-likeness (QED) is 0.699. The zero-order chi connectivity index (χ0) is 20.8. The summed E-state index contributed by atoms with van der Waals surface area (Å²) in [5.41, 5.74) is 2.28. The first kappa shape index (κ1) is 20.2. The number of hydrogen-bond acceptors (Lipinski definition) is 5. The summed E-state index contributed by atoms with van der Waals surface area (Å²) in [6, 6.07) is 13.5. The van der Waals surface area contributed by atoms with E-state index in [4.69, 9.17) is 4.74 Å². The van der Waals surface area contributed by atoms with Crippen molar-refractivity contribution in [3.05, 3.63) is 59.7 Å². The number of methoxy groups -OCH3 is 1. The summed E-state index contributed by atoms with van der Waals surface area (Å²) in [5.74, 6) is -0.949. The lowest BCUT2D eigenvalue weighted by Gasteiger charge is -2.14. The maximum Gasteiger partial charge on any atom is 0.255 e. The van der Waals surface area contributed by atoms with Crippen LogP contribution in [0.2, 0.25) is 0 Å². The first-order chi connectivity index (χ1) is 14.0. The first-order valence-electron chi connectivity index (χ1n) is 9.08. The predicted octanol–water partition coefficient (Wildman–Crippen LogP) is 2.17. The Hall–Kier alpha value is -3.52. The number of nitrogens with one attached hydrogen (secondary N) is 2. The number of benzene rings is 2. The second-order valence-corrected chi connectivity index (χ2v) is 6.59. The molecule has 0 saturated carbocycles. The summed E-state index contributed by atoms with van der Waals surface area (Å²) in [6.07, 6.45) is 0.509. The van der Waals surface area contributed by atoms with E-state index in [-0.39, 0.29) is 49.6 Å². The van der Waals surface area contributed by atoms with E-state index in [9.17, 15) is 19.2 Å². The van der Waals surface area contributed by atoms with Crippen molar-refractivity contribution < 1.29 is 23.9 Å². The van der Waals surface area contributed by atoms with Gasteiger partial charge in [0.2, 0.25) is 17.7 Å².